The Morgan fingerprint density at radius 3 is 1.74 bits per heavy atom. The summed E-state index contributed by atoms with van der Waals surface area (Å²) in [7, 11) is 8.31. The molecule has 22 atom stereocenters. The Hall–Kier alpha value is -4.00. The maximum Gasteiger partial charge on any atom is 0.322 e. The van der Waals surface area contributed by atoms with Crippen molar-refractivity contribution >= 4 is 127 Å². The number of rotatable bonds is 30. The van der Waals surface area contributed by atoms with Gasteiger partial charge in [0.1, 0.15) is 53.9 Å². The van der Waals surface area contributed by atoms with Crippen molar-refractivity contribution in [3.63, 3.8) is 0 Å². The molecule has 4 fully saturated rings. The number of para-hydroxylation sites is 1. The number of amides is 2. The quantitative estimate of drug-likeness (QED) is 0.00706. The number of carbonyl (C=O) groups excluding carboxylic acids is 3. The molecule has 2 aromatic carbocycles. The molecule has 8 heterocycles. The van der Waals surface area contributed by atoms with Gasteiger partial charge in [-0.3, -0.25) is 29.2 Å². The number of aromatic amines is 2. The summed E-state index contributed by atoms with van der Waals surface area (Å²) in [6, 6.07) is 11.0. The third-order valence-corrected chi connectivity index (χ3v) is 25.7. The van der Waals surface area contributed by atoms with Crippen LogP contribution in [0.2, 0.25) is 0 Å². The average molecular weight is 1940 g/mol. The Morgan fingerprint density at radius 2 is 1.28 bits per heavy atom. The van der Waals surface area contributed by atoms with Crippen molar-refractivity contribution in [2.24, 2.45) is 33.1 Å². The molecule has 41 heteroatoms. The van der Waals surface area contributed by atoms with Crippen LogP contribution in [0.15, 0.2) is 65.2 Å². The van der Waals surface area contributed by atoms with E-state index in [1.165, 1.54) is 18.4 Å². The number of aliphatic hydroxyl groups is 15. The predicted molar refractivity (Wildman–Crippen MR) is 454 cm³/mol. The Kier molecular flexibility index (Phi) is 40.4. The number of halogens is 6. The molecule has 25 N–H and O–H groups in total. The standard InChI is InChI=1S/C43H55N5O7.C10H22Cl2N2O4.2C6H12Br2O4.C6H10N6O.C4H10N2/c1-6-39(52)21-25-22-42(38(51)55-5,33-27(13-17-47(23-25)24-39)26-11-8-9-12-30(26)45-33)29-19-28-31(20-32(29)54-4)46(3)35-41(28)15-18-48-16-10-14-40(7-2,34(41)48)36(49)43(35,53)37(44)50;11-1-3-13-5-7(15)9(17)10(18)8(16)6-14-4-2-12;2*7-1-3(9)5(11)6(12)4(10)2-8;1-12(2)11-10-6-4(5(7)13)8-3-9-6;1-2-6-4-3-5-1/h8-12,14,19-20,25,34-36,45,49,52-53H,6-7,13,15-18,21-24H2,1-5H3,(H2,44,50);7-10,13-18H,1-6H2;2*3-6,9-12H,1-2H2;3H,1-2H3,(H2,7,13)(H,8,9);5-6H,1-4H2/t25-,34+,35-,36-,39+,40-,41-,42+,43+;7-,8-,9-,10-;3-,4-,5-,6-;;;/m111.../s1. The second-order valence-corrected chi connectivity index (χ2v) is 33.6. The van der Waals surface area contributed by atoms with Crippen LogP contribution in [0.25, 0.3) is 10.9 Å². The number of nitrogens with two attached hydrogens (primary N) is 2. The molecule has 0 radical (unpaired) electrons. The molecule has 2 bridgehead atoms. The number of likely N-dealkylation sites (N-methyl/N-ethyl adjacent to an activating group) is 1. The normalized spacial score (nSPS) is 28.2. The van der Waals surface area contributed by atoms with Crippen molar-refractivity contribution in [2.45, 2.75) is 166 Å². The van der Waals surface area contributed by atoms with Gasteiger partial charge in [0, 0.05) is 184 Å². The molecule has 1 saturated carbocycles. The fourth-order valence-corrected chi connectivity index (χ4v) is 18.7. The zero-order valence-electron chi connectivity index (χ0n) is 66.4. The molecule has 11 rings (SSSR count). The number of piperazine rings is 1. The number of carbonyl (C=O) groups is 3. The average Bonchev–Trinajstić information content (AvgIpc) is 1.47. The number of nitrogens with zero attached hydrogens (tertiary/aromatic N) is 7. The lowest BCUT2D eigenvalue weighted by Crippen LogP contribution is -2.81. The van der Waals surface area contributed by atoms with Gasteiger partial charge < -0.3 is 134 Å². The summed E-state index contributed by atoms with van der Waals surface area (Å²) in [5.74, 6) is -0.641. The summed E-state index contributed by atoms with van der Waals surface area (Å²) < 4.78 is 12.2. The van der Waals surface area contributed by atoms with Gasteiger partial charge in [-0.15, -0.1) is 28.3 Å². The number of alkyl halides is 6. The topological polar surface area (TPSA) is 555 Å². The maximum atomic E-state index is 15.2. The number of methoxy groups -OCH3 is 2. The number of esters is 1. The highest BCUT2D eigenvalue weighted by atomic mass is 79.9. The second-order valence-electron chi connectivity index (χ2n) is 30.2. The van der Waals surface area contributed by atoms with Crippen LogP contribution in [0, 0.1) is 11.3 Å². The smallest absolute Gasteiger partial charge is 0.322 e. The van der Waals surface area contributed by atoms with E-state index in [-0.39, 0.29) is 57.9 Å². The van der Waals surface area contributed by atoms with E-state index in [0.29, 0.717) is 94.3 Å². The largest absolute Gasteiger partial charge is 0.496 e. The third kappa shape index (κ3) is 22.9. The van der Waals surface area contributed by atoms with Gasteiger partial charge in [-0.05, 0) is 74.2 Å². The number of benzene rings is 2. The van der Waals surface area contributed by atoms with Gasteiger partial charge in [0.15, 0.2) is 11.3 Å². The number of primary amides is 2. The van der Waals surface area contributed by atoms with Crippen molar-refractivity contribution in [3.8, 4) is 5.75 Å². The Morgan fingerprint density at radius 1 is 0.741 bits per heavy atom. The molecule has 6 aliphatic heterocycles. The van der Waals surface area contributed by atoms with Crippen LogP contribution in [0.5, 0.6) is 5.75 Å². The minimum absolute atomic E-state index is 0.0790. The zero-order chi connectivity index (χ0) is 86.4. The molecule has 658 valence electrons. The molecule has 35 nitrogen and oxygen atoms in total. The number of hydrogen-bond donors (Lipinski definition) is 23. The van der Waals surface area contributed by atoms with E-state index in [2.05, 4.69) is 132 Å². The molecular formula is C75H121Br4Cl2N15O20. The van der Waals surface area contributed by atoms with Crippen LogP contribution in [0.4, 0.5) is 11.5 Å². The summed E-state index contributed by atoms with van der Waals surface area (Å²) in [5, 5.41) is 171. The molecule has 1 spiro atoms. The number of ether oxygens (including phenoxy) is 2. The van der Waals surface area contributed by atoms with Crippen molar-refractivity contribution < 1.29 is 100 Å². The maximum absolute atomic E-state index is 15.2. The molecule has 5 unspecified atom stereocenters. The summed E-state index contributed by atoms with van der Waals surface area (Å²) in [4.78, 5) is 56.4. The molecule has 2 amide bonds. The third-order valence-electron chi connectivity index (χ3n) is 22.7. The number of anilines is 1. The van der Waals surface area contributed by atoms with Crippen LogP contribution < -0.4 is 42.4 Å². The molecule has 4 aromatic rings. The number of fused-ring (bicyclic) bond motifs is 6. The number of nitrogens with one attached hydrogen (secondary N) is 6. The van der Waals surface area contributed by atoms with Gasteiger partial charge in [-0.25, -0.2) is 4.98 Å². The van der Waals surface area contributed by atoms with Gasteiger partial charge in [-0.2, -0.15) is 0 Å². The van der Waals surface area contributed by atoms with Gasteiger partial charge >= 0.3 is 5.97 Å². The highest BCUT2D eigenvalue weighted by Crippen LogP contribution is 2.67. The minimum Gasteiger partial charge on any atom is -0.496 e. The summed E-state index contributed by atoms with van der Waals surface area (Å²) in [6.07, 6.45) is -7.74. The van der Waals surface area contributed by atoms with Crippen LogP contribution >= 0.6 is 86.9 Å². The van der Waals surface area contributed by atoms with Crippen molar-refractivity contribution in [1.82, 2.24) is 51.0 Å². The molecule has 3 saturated heterocycles. The van der Waals surface area contributed by atoms with E-state index in [9.17, 15) is 65.8 Å². The number of piperidine rings is 1. The molecule has 7 aliphatic rings. The second kappa shape index (κ2) is 46.5. The van der Waals surface area contributed by atoms with E-state index in [1.807, 2.05) is 62.2 Å². The number of imidazole rings is 1. The van der Waals surface area contributed by atoms with E-state index in [4.69, 9.17) is 64.6 Å². The highest BCUT2D eigenvalue weighted by Gasteiger charge is 2.78. The number of hydrogen-bond acceptors (Lipinski definition) is 30. The monoisotopic (exact) mass is 1940 g/mol. The van der Waals surface area contributed by atoms with Crippen molar-refractivity contribution in [2.75, 3.05) is 158 Å². The fourth-order valence-electron chi connectivity index (χ4n) is 16.9. The lowest BCUT2D eigenvalue weighted by atomic mass is 9.47. The number of aliphatic hydroxyl groups excluding tert-OH is 13. The minimum atomic E-state index is -2.30. The molecule has 2 aromatic heterocycles. The first kappa shape index (κ1) is 101. The Bertz CT molecular complexity index is 3690. The lowest BCUT2D eigenvalue weighted by Gasteiger charge is -2.63. The molecule has 1 aliphatic carbocycles. The van der Waals surface area contributed by atoms with Crippen LogP contribution in [-0.4, -0.2) is 380 Å². The van der Waals surface area contributed by atoms with Crippen LogP contribution in [-0.2, 0) is 31.6 Å². The first-order valence-electron chi connectivity index (χ1n) is 38.5. The molecule has 116 heavy (non-hydrogen) atoms. The first-order chi connectivity index (χ1) is 55.0. The fraction of sp³-hybridized carbons (Fsp3) is 0.707. The van der Waals surface area contributed by atoms with Gasteiger partial charge in [0.2, 0.25) is 5.82 Å². The lowest BCUT2D eigenvalue weighted by molar-refractivity contribution is -0.201. The van der Waals surface area contributed by atoms with Gasteiger partial charge in [-0.1, -0.05) is 113 Å². The van der Waals surface area contributed by atoms with Crippen molar-refractivity contribution in [3.05, 3.63) is 83.0 Å². The van der Waals surface area contributed by atoms with E-state index in [1.54, 1.807) is 21.2 Å². The van der Waals surface area contributed by atoms with Crippen LogP contribution in [0.3, 0.4) is 0 Å². The van der Waals surface area contributed by atoms with E-state index < -0.39 is 131 Å². The van der Waals surface area contributed by atoms with Crippen molar-refractivity contribution in [1.29, 1.82) is 0 Å². The van der Waals surface area contributed by atoms with E-state index in [0.717, 1.165) is 72.7 Å². The van der Waals surface area contributed by atoms with Crippen LogP contribution in [0.1, 0.15) is 78.8 Å². The van der Waals surface area contributed by atoms with Gasteiger partial charge in [0.25, 0.3) is 11.8 Å². The number of H-pyrrole nitrogens is 2. The first-order valence-corrected chi connectivity index (χ1v) is 44.1. The Labute approximate surface area is 719 Å². The SMILES string of the molecule is C1CNCCN1.CC[C@]1(O)C[C@H]2CN(CCc3c([nH]c4ccccc34)[C@@](C(=O)OC)(c3cc4c(cc3OC)N(C)[C@H]3[C@@](O)(C(N)=O)[C@H](O)[C@]5(CC)C=CCN6CC[C@]43[C@@H]65)C2)C1.CN(C)N=Nc1nc[nH]c1C(N)=O.OC(CBr)C(O)C(O)C(O)CBr.O[C@@H]([C@H](O)[C@H](O)CBr)[C@H](O)CBr.O[C@@H]([C@H](O)[C@H](O)CNCCCl)[C@H](O)CNCCCl. The zero-order valence-corrected chi connectivity index (χ0v) is 74.3. The predicted octanol–water partition coefficient (Wildman–Crippen LogP) is -1.49. The van der Waals surface area contributed by atoms with E-state index >= 15 is 4.79 Å². The number of aromatic nitrogens is 3. The molecular weight excluding hydrogens is 1820 g/mol. The van der Waals surface area contributed by atoms with Gasteiger partial charge in [0.05, 0.1) is 68.8 Å². The highest BCUT2D eigenvalue weighted by molar-refractivity contribution is 9.09. The Balaban J connectivity index is 0.000000276. The summed E-state index contributed by atoms with van der Waals surface area (Å²) >= 11 is 22.6. The summed E-state index contributed by atoms with van der Waals surface area (Å²) in [6.45, 7) is 13.1. The summed E-state index contributed by atoms with van der Waals surface area (Å²) in [5.41, 5.74) is 9.92.